The van der Waals surface area contributed by atoms with Crippen LogP contribution < -0.4 is 10.5 Å². The van der Waals surface area contributed by atoms with E-state index in [0.717, 1.165) is 18.9 Å². The molecule has 88 valence electrons. The first-order chi connectivity index (χ1) is 8.34. The Balaban J connectivity index is 2.06. The van der Waals surface area contributed by atoms with E-state index in [1.54, 1.807) is 6.07 Å². The highest BCUT2D eigenvalue weighted by Gasteiger charge is 2.13. The summed E-state index contributed by atoms with van der Waals surface area (Å²) in [5.74, 6) is 0.788. The number of aromatic nitrogens is 3. The van der Waals surface area contributed by atoms with Crippen LogP contribution in [-0.4, -0.2) is 40.9 Å². The fourth-order valence-corrected chi connectivity index (χ4v) is 1.88. The molecular formula is C11H12N4O2. The predicted molar refractivity (Wildman–Crippen MR) is 62.3 cm³/mol. The summed E-state index contributed by atoms with van der Waals surface area (Å²) in [5.41, 5.74) is 0.402. The molecule has 0 spiro atoms. The standard InChI is InChI=1S/C11H12N4O2/c16-11-3-4-12-9-1-2-10(13-15(9)11)14-5-7-17-8-6-14/h1-4H,5-8H2. The second kappa shape index (κ2) is 4.14. The molecule has 0 aliphatic carbocycles. The van der Waals surface area contributed by atoms with Crippen LogP contribution in [0.15, 0.2) is 29.2 Å². The summed E-state index contributed by atoms with van der Waals surface area (Å²) in [6.45, 7) is 2.99. The molecule has 3 heterocycles. The lowest BCUT2D eigenvalue weighted by Gasteiger charge is -2.27. The molecule has 2 aromatic rings. The van der Waals surface area contributed by atoms with Crippen molar-refractivity contribution in [2.24, 2.45) is 0 Å². The van der Waals surface area contributed by atoms with Gasteiger partial charge in [-0.3, -0.25) is 4.79 Å². The quantitative estimate of drug-likeness (QED) is 0.688. The van der Waals surface area contributed by atoms with Crippen LogP contribution in [0, 0.1) is 0 Å². The Morgan fingerprint density at radius 3 is 2.82 bits per heavy atom. The van der Waals surface area contributed by atoms with Crippen LogP contribution in [0.4, 0.5) is 5.82 Å². The second-order valence-electron chi connectivity index (χ2n) is 3.84. The van der Waals surface area contributed by atoms with Gasteiger partial charge >= 0.3 is 0 Å². The van der Waals surface area contributed by atoms with Crippen molar-refractivity contribution < 1.29 is 4.74 Å². The average Bonchev–Trinajstić information content (AvgIpc) is 2.40. The molecule has 6 heteroatoms. The molecule has 1 aliphatic rings. The molecule has 1 saturated heterocycles. The van der Waals surface area contributed by atoms with E-state index in [9.17, 15) is 4.79 Å². The smallest absolute Gasteiger partial charge is 0.274 e. The molecule has 0 saturated carbocycles. The molecule has 17 heavy (non-hydrogen) atoms. The Morgan fingerprint density at radius 1 is 1.18 bits per heavy atom. The summed E-state index contributed by atoms with van der Waals surface area (Å²) in [4.78, 5) is 17.8. The summed E-state index contributed by atoms with van der Waals surface area (Å²) in [6, 6.07) is 5.09. The molecule has 6 nitrogen and oxygen atoms in total. The molecule has 0 aromatic carbocycles. The minimum absolute atomic E-state index is 0.162. The molecule has 0 N–H and O–H groups in total. The summed E-state index contributed by atoms with van der Waals surface area (Å²) in [5, 5.41) is 4.31. The third-order valence-electron chi connectivity index (χ3n) is 2.77. The van der Waals surface area contributed by atoms with Gasteiger partial charge < -0.3 is 9.64 Å². The largest absolute Gasteiger partial charge is 0.378 e. The number of morpholine rings is 1. The number of rotatable bonds is 1. The highest BCUT2D eigenvalue weighted by Crippen LogP contribution is 2.11. The fraction of sp³-hybridized carbons (Fsp3) is 0.364. The van der Waals surface area contributed by atoms with Crippen LogP contribution in [-0.2, 0) is 4.74 Å². The van der Waals surface area contributed by atoms with Crippen molar-refractivity contribution in [1.82, 2.24) is 14.6 Å². The number of anilines is 1. The van der Waals surface area contributed by atoms with E-state index in [2.05, 4.69) is 15.0 Å². The van der Waals surface area contributed by atoms with E-state index in [-0.39, 0.29) is 5.56 Å². The van der Waals surface area contributed by atoms with Crippen LogP contribution in [0.1, 0.15) is 0 Å². The number of hydrogen-bond donors (Lipinski definition) is 0. The maximum absolute atomic E-state index is 11.6. The van der Waals surface area contributed by atoms with Crippen LogP contribution in [0.25, 0.3) is 5.65 Å². The minimum atomic E-state index is -0.162. The molecule has 0 unspecified atom stereocenters. The molecule has 3 rings (SSSR count). The lowest BCUT2D eigenvalue weighted by molar-refractivity contribution is 0.122. The van der Waals surface area contributed by atoms with Gasteiger partial charge in [-0.15, -0.1) is 5.10 Å². The van der Waals surface area contributed by atoms with Crippen LogP contribution in [0.2, 0.25) is 0 Å². The van der Waals surface area contributed by atoms with Crippen molar-refractivity contribution in [2.45, 2.75) is 0 Å². The average molecular weight is 232 g/mol. The van der Waals surface area contributed by atoms with Crippen molar-refractivity contribution in [3.63, 3.8) is 0 Å². The van der Waals surface area contributed by atoms with Crippen molar-refractivity contribution in [2.75, 3.05) is 31.2 Å². The van der Waals surface area contributed by atoms with Gasteiger partial charge in [0, 0.05) is 25.4 Å². The van der Waals surface area contributed by atoms with E-state index < -0.39 is 0 Å². The Kier molecular flexibility index (Phi) is 2.49. The van der Waals surface area contributed by atoms with E-state index in [0.29, 0.717) is 18.9 Å². The molecule has 2 aromatic heterocycles. The van der Waals surface area contributed by atoms with Gasteiger partial charge in [0.2, 0.25) is 0 Å². The topological polar surface area (TPSA) is 59.7 Å². The van der Waals surface area contributed by atoms with Gasteiger partial charge in [0.05, 0.1) is 13.2 Å². The van der Waals surface area contributed by atoms with Gasteiger partial charge in [0.15, 0.2) is 5.65 Å². The predicted octanol–water partition coefficient (Wildman–Crippen LogP) is -0.0739. The second-order valence-corrected chi connectivity index (χ2v) is 3.84. The number of ether oxygens (including phenoxy) is 1. The number of hydrogen-bond acceptors (Lipinski definition) is 5. The lowest BCUT2D eigenvalue weighted by atomic mass is 10.4. The van der Waals surface area contributed by atoms with E-state index in [1.807, 2.05) is 6.07 Å². The highest BCUT2D eigenvalue weighted by atomic mass is 16.5. The lowest BCUT2D eigenvalue weighted by Crippen LogP contribution is -2.37. The van der Waals surface area contributed by atoms with Gasteiger partial charge in [0.25, 0.3) is 5.56 Å². The Labute approximate surface area is 97.5 Å². The maximum Gasteiger partial charge on any atom is 0.274 e. The zero-order chi connectivity index (χ0) is 11.7. The maximum atomic E-state index is 11.6. The number of nitrogens with zero attached hydrogens (tertiary/aromatic N) is 4. The Bertz CT molecular complexity index is 589. The zero-order valence-corrected chi connectivity index (χ0v) is 9.24. The summed E-state index contributed by atoms with van der Waals surface area (Å²) < 4.78 is 6.61. The highest BCUT2D eigenvalue weighted by molar-refractivity contribution is 5.45. The van der Waals surface area contributed by atoms with Crippen LogP contribution in [0.5, 0.6) is 0 Å². The third kappa shape index (κ3) is 1.87. The minimum Gasteiger partial charge on any atom is -0.378 e. The summed E-state index contributed by atoms with van der Waals surface area (Å²) in [7, 11) is 0. The van der Waals surface area contributed by atoms with E-state index in [4.69, 9.17) is 4.74 Å². The van der Waals surface area contributed by atoms with Crippen molar-refractivity contribution in [1.29, 1.82) is 0 Å². The molecule has 0 amide bonds. The van der Waals surface area contributed by atoms with Gasteiger partial charge in [0.1, 0.15) is 5.82 Å². The third-order valence-corrected chi connectivity index (χ3v) is 2.77. The van der Waals surface area contributed by atoms with Crippen molar-refractivity contribution in [3.05, 3.63) is 34.7 Å². The first-order valence-electron chi connectivity index (χ1n) is 5.52. The monoisotopic (exact) mass is 232 g/mol. The first kappa shape index (κ1) is 10.2. The molecule has 1 fully saturated rings. The van der Waals surface area contributed by atoms with Crippen molar-refractivity contribution >= 4 is 11.5 Å². The summed E-state index contributed by atoms with van der Waals surface area (Å²) in [6.07, 6.45) is 1.49. The first-order valence-corrected chi connectivity index (χ1v) is 5.52. The zero-order valence-electron chi connectivity index (χ0n) is 9.24. The van der Waals surface area contributed by atoms with Gasteiger partial charge in [-0.2, -0.15) is 4.52 Å². The van der Waals surface area contributed by atoms with E-state index >= 15 is 0 Å². The molecule has 0 atom stereocenters. The van der Waals surface area contributed by atoms with Gasteiger partial charge in [-0.1, -0.05) is 0 Å². The van der Waals surface area contributed by atoms with Gasteiger partial charge in [-0.25, -0.2) is 4.98 Å². The Hall–Kier alpha value is -1.95. The Morgan fingerprint density at radius 2 is 2.00 bits per heavy atom. The molecule has 0 radical (unpaired) electrons. The fourth-order valence-electron chi connectivity index (χ4n) is 1.88. The van der Waals surface area contributed by atoms with Gasteiger partial charge in [-0.05, 0) is 12.1 Å². The van der Waals surface area contributed by atoms with Crippen LogP contribution >= 0.6 is 0 Å². The van der Waals surface area contributed by atoms with E-state index in [1.165, 1.54) is 16.8 Å². The molecule has 1 aliphatic heterocycles. The van der Waals surface area contributed by atoms with Crippen molar-refractivity contribution in [3.8, 4) is 0 Å². The molecule has 0 bridgehead atoms. The van der Waals surface area contributed by atoms with Crippen LogP contribution in [0.3, 0.4) is 0 Å². The summed E-state index contributed by atoms with van der Waals surface area (Å²) >= 11 is 0. The SMILES string of the molecule is O=c1ccnc2ccc(N3CCOCC3)nn12. The molecular weight excluding hydrogens is 220 g/mol. The normalized spacial score (nSPS) is 16.4. The number of fused-ring (bicyclic) bond motifs is 1.